The maximum absolute atomic E-state index is 13.6. The Bertz CT molecular complexity index is 578. The molecule has 2 aromatic carbocycles. The second-order valence-corrected chi connectivity index (χ2v) is 6.22. The summed E-state index contributed by atoms with van der Waals surface area (Å²) < 4.78 is 15.6. The van der Waals surface area contributed by atoms with Crippen LogP contribution in [0.15, 0.2) is 45.3 Å². The minimum Gasteiger partial charge on any atom is -0.309 e. The lowest BCUT2D eigenvalue weighted by Crippen LogP contribution is -2.18. The molecule has 19 heavy (non-hydrogen) atoms. The van der Waals surface area contributed by atoms with Crippen molar-refractivity contribution in [2.75, 3.05) is 7.05 Å². The first-order chi connectivity index (χ1) is 9.01. The van der Waals surface area contributed by atoms with Crippen molar-refractivity contribution in [1.29, 1.82) is 0 Å². The van der Waals surface area contributed by atoms with Crippen molar-refractivity contribution < 1.29 is 4.39 Å². The van der Waals surface area contributed by atoms with Gasteiger partial charge in [0, 0.05) is 8.95 Å². The normalized spacial score (nSPS) is 12.5. The van der Waals surface area contributed by atoms with E-state index in [2.05, 4.69) is 37.2 Å². The second kappa shape index (κ2) is 6.16. The van der Waals surface area contributed by atoms with E-state index in [9.17, 15) is 4.39 Å². The molecule has 1 atom stereocenters. The second-order valence-electron chi connectivity index (χ2n) is 4.45. The fourth-order valence-electron chi connectivity index (χ4n) is 2.17. The minimum absolute atomic E-state index is 0.0544. The molecule has 0 saturated heterocycles. The standard InChI is InChI=1S/C15H14Br2FN/c1-9-5-10(7-12(18)6-9)15(19-2)13-8-11(16)3-4-14(13)17/h3-8,15,19H,1-2H3. The Balaban J connectivity index is 2.52. The summed E-state index contributed by atoms with van der Waals surface area (Å²) in [7, 11) is 1.87. The van der Waals surface area contributed by atoms with Crippen LogP contribution < -0.4 is 5.32 Å². The number of hydrogen-bond acceptors (Lipinski definition) is 1. The first kappa shape index (κ1) is 14.7. The number of hydrogen-bond donors (Lipinski definition) is 1. The number of rotatable bonds is 3. The van der Waals surface area contributed by atoms with Crippen LogP contribution in [0.3, 0.4) is 0 Å². The minimum atomic E-state index is -0.207. The van der Waals surface area contributed by atoms with Crippen LogP contribution in [0.1, 0.15) is 22.7 Å². The lowest BCUT2D eigenvalue weighted by Gasteiger charge is -2.19. The Hall–Kier alpha value is -0.710. The van der Waals surface area contributed by atoms with Crippen LogP contribution >= 0.6 is 31.9 Å². The van der Waals surface area contributed by atoms with E-state index in [0.29, 0.717) is 0 Å². The third-order valence-corrected chi connectivity index (χ3v) is 4.17. The molecule has 2 rings (SSSR count). The zero-order valence-electron chi connectivity index (χ0n) is 10.7. The lowest BCUT2D eigenvalue weighted by atomic mass is 9.97. The van der Waals surface area contributed by atoms with Gasteiger partial charge in [0.2, 0.25) is 0 Å². The fraction of sp³-hybridized carbons (Fsp3) is 0.200. The first-order valence-electron chi connectivity index (χ1n) is 5.90. The van der Waals surface area contributed by atoms with Gasteiger partial charge in [-0.3, -0.25) is 0 Å². The monoisotopic (exact) mass is 385 g/mol. The SMILES string of the molecule is CNC(c1cc(C)cc(F)c1)c1cc(Br)ccc1Br. The summed E-state index contributed by atoms with van der Waals surface area (Å²) in [5.74, 6) is -0.207. The van der Waals surface area contributed by atoms with Crippen LogP contribution in [-0.2, 0) is 0 Å². The summed E-state index contributed by atoms with van der Waals surface area (Å²) in [6.45, 7) is 1.90. The summed E-state index contributed by atoms with van der Waals surface area (Å²) in [4.78, 5) is 0. The maximum atomic E-state index is 13.6. The van der Waals surface area contributed by atoms with Gasteiger partial charge in [0.25, 0.3) is 0 Å². The van der Waals surface area contributed by atoms with E-state index >= 15 is 0 Å². The van der Waals surface area contributed by atoms with E-state index in [1.807, 2.05) is 38.2 Å². The van der Waals surface area contributed by atoms with Crippen LogP contribution in [0.5, 0.6) is 0 Å². The van der Waals surface area contributed by atoms with E-state index < -0.39 is 0 Å². The average molecular weight is 387 g/mol. The molecule has 1 N–H and O–H groups in total. The highest BCUT2D eigenvalue weighted by atomic mass is 79.9. The highest BCUT2D eigenvalue weighted by Crippen LogP contribution is 2.31. The Morgan fingerprint density at radius 2 is 1.84 bits per heavy atom. The summed E-state index contributed by atoms with van der Waals surface area (Å²) in [5.41, 5.74) is 2.90. The van der Waals surface area contributed by atoms with Gasteiger partial charge in [-0.2, -0.15) is 0 Å². The van der Waals surface area contributed by atoms with Gasteiger partial charge in [-0.1, -0.05) is 37.9 Å². The fourth-order valence-corrected chi connectivity index (χ4v) is 3.02. The van der Waals surface area contributed by atoms with Crippen LogP contribution in [0.25, 0.3) is 0 Å². The molecule has 4 heteroatoms. The van der Waals surface area contributed by atoms with Gasteiger partial charge >= 0.3 is 0 Å². The van der Waals surface area contributed by atoms with Crippen LogP contribution in [0.4, 0.5) is 4.39 Å². The molecule has 0 bridgehead atoms. The summed E-state index contributed by atoms with van der Waals surface area (Å²) in [6.07, 6.45) is 0. The van der Waals surface area contributed by atoms with Crippen molar-refractivity contribution in [3.05, 3.63) is 67.9 Å². The number of halogens is 3. The molecular formula is C15H14Br2FN. The van der Waals surface area contributed by atoms with Gasteiger partial charge in [0.1, 0.15) is 5.82 Å². The van der Waals surface area contributed by atoms with Gasteiger partial charge in [-0.25, -0.2) is 4.39 Å². The molecular weight excluding hydrogens is 373 g/mol. The van der Waals surface area contributed by atoms with Crippen molar-refractivity contribution in [2.45, 2.75) is 13.0 Å². The quantitative estimate of drug-likeness (QED) is 0.785. The summed E-state index contributed by atoms with van der Waals surface area (Å²) in [6, 6.07) is 11.0. The van der Waals surface area contributed by atoms with Gasteiger partial charge in [-0.05, 0) is 61.0 Å². The molecule has 1 nitrogen and oxygen atoms in total. The third kappa shape index (κ3) is 3.44. The van der Waals surface area contributed by atoms with Crippen molar-refractivity contribution in [2.24, 2.45) is 0 Å². The summed E-state index contributed by atoms with van der Waals surface area (Å²) >= 11 is 7.02. The van der Waals surface area contributed by atoms with Crippen LogP contribution in [0, 0.1) is 12.7 Å². The Morgan fingerprint density at radius 3 is 2.47 bits per heavy atom. The zero-order chi connectivity index (χ0) is 14.0. The van der Waals surface area contributed by atoms with E-state index in [1.54, 1.807) is 6.07 Å². The van der Waals surface area contributed by atoms with Gasteiger partial charge in [-0.15, -0.1) is 0 Å². The van der Waals surface area contributed by atoms with Crippen molar-refractivity contribution >= 4 is 31.9 Å². The van der Waals surface area contributed by atoms with E-state index in [-0.39, 0.29) is 11.9 Å². The smallest absolute Gasteiger partial charge is 0.123 e. The molecule has 0 aliphatic rings. The molecule has 0 aliphatic carbocycles. The van der Waals surface area contributed by atoms with Crippen LogP contribution in [0.2, 0.25) is 0 Å². The molecule has 0 heterocycles. The number of nitrogens with one attached hydrogen (secondary N) is 1. The van der Waals surface area contributed by atoms with Gasteiger partial charge < -0.3 is 5.32 Å². The number of benzene rings is 2. The highest BCUT2D eigenvalue weighted by molar-refractivity contribution is 9.11. The van der Waals surface area contributed by atoms with Crippen molar-refractivity contribution in [3.8, 4) is 0 Å². The molecule has 0 aliphatic heterocycles. The molecule has 1 unspecified atom stereocenters. The molecule has 0 amide bonds. The highest BCUT2D eigenvalue weighted by Gasteiger charge is 2.16. The molecule has 0 spiro atoms. The Labute approximate surface area is 129 Å². The van der Waals surface area contributed by atoms with Crippen molar-refractivity contribution in [3.63, 3.8) is 0 Å². The average Bonchev–Trinajstić information content (AvgIpc) is 2.33. The summed E-state index contributed by atoms with van der Waals surface area (Å²) in [5, 5.41) is 3.24. The molecule has 0 fully saturated rings. The molecule has 0 saturated carbocycles. The molecule has 100 valence electrons. The third-order valence-electron chi connectivity index (χ3n) is 2.96. The molecule has 2 aromatic rings. The lowest BCUT2D eigenvalue weighted by molar-refractivity contribution is 0.615. The van der Waals surface area contributed by atoms with Crippen LogP contribution in [-0.4, -0.2) is 7.05 Å². The van der Waals surface area contributed by atoms with E-state index in [0.717, 1.165) is 25.6 Å². The largest absolute Gasteiger partial charge is 0.309 e. The van der Waals surface area contributed by atoms with E-state index in [4.69, 9.17) is 0 Å². The maximum Gasteiger partial charge on any atom is 0.123 e. The predicted octanol–water partition coefficient (Wildman–Crippen LogP) is 4.97. The van der Waals surface area contributed by atoms with Gasteiger partial charge in [0.05, 0.1) is 6.04 Å². The zero-order valence-corrected chi connectivity index (χ0v) is 13.8. The topological polar surface area (TPSA) is 12.0 Å². The first-order valence-corrected chi connectivity index (χ1v) is 7.49. The molecule has 0 radical (unpaired) electrons. The van der Waals surface area contributed by atoms with Gasteiger partial charge in [0.15, 0.2) is 0 Å². The Morgan fingerprint density at radius 1 is 1.11 bits per heavy atom. The van der Waals surface area contributed by atoms with E-state index in [1.165, 1.54) is 6.07 Å². The predicted molar refractivity (Wildman–Crippen MR) is 83.9 cm³/mol. The molecule has 0 aromatic heterocycles. The number of aryl methyl sites for hydroxylation is 1. The van der Waals surface area contributed by atoms with Crippen molar-refractivity contribution in [1.82, 2.24) is 5.32 Å². The Kier molecular flexibility index (Phi) is 4.76.